The second kappa shape index (κ2) is 7.31. The van der Waals surface area contributed by atoms with Gasteiger partial charge in [0.1, 0.15) is 0 Å². The highest BCUT2D eigenvalue weighted by Gasteiger charge is 2.15. The first-order chi connectivity index (χ1) is 6.80. The molecule has 2 rings (SSSR count). The molecule has 2 fully saturated rings. The zero-order valence-corrected chi connectivity index (χ0v) is 10.2. The minimum atomic E-state index is 1.00. The van der Waals surface area contributed by atoms with Gasteiger partial charge in [-0.1, -0.05) is 78.1 Å². The molecule has 0 heterocycles. The van der Waals surface area contributed by atoms with Crippen LogP contribution in [0.2, 0.25) is 0 Å². The molecule has 2 unspecified atom stereocenters. The summed E-state index contributed by atoms with van der Waals surface area (Å²) in [5, 5.41) is 0. The van der Waals surface area contributed by atoms with Gasteiger partial charge in [-0.2, -0.15) is 0 Å². The van der Waals surface area contributed by atoms with Crippen LogP contribution in [0.1, 0.15) is 78.1 Å². The van der Waals surface area contributed by atoms with E-state index >= 15 is 0 Å². The minimum Gasteiger partial charge on any atom is -0.0623 e. The average Bonchev–Trinajstić information content (AvgIpc) is 2.26. The Hall–Kier alpha value is 0. The molecule has 0 aromatic heterocycles. The summed E-state index contributed by atoms with van der Waals surface area (Å²) in [7, 11) is 0. The van der Waals surface area contributed by atoms with Gasteiger partial charge in [-0.25, -0.2) is 0 Å². The first-order valence-corrected chi connectivity index (χ1v) is 6.80. The number of rotatable bonds is 0. The first-order valence-electron chi connectivity index (χ1n) is 6.80. The summed E-state index contributed by atoms with van der Waals surface area (Å²) in [4.78, 5) is 0. The van der Waals surface area contributed by atoms with Crippen LogP contribution in [0.25, 0.3) is 0 Å². The van der Waals surface area contributed by atoms with Crippen LogP contribution in [0.4, 0.5) is 0 Å². The standard InChI is InChI=1S/C8H16.C6H12/c1-7-5-3-4-6-8(7)2;1-2-4-6-5-3-1/h7-8H,3-6H2,1-2H3;1-6H2. The molecule has 0 bridgehead atoms. The third-order valence-corrected chi connectivity index (χ3v) is 4.04. The second-order valence-corrected chi connectivity index (χ2v) is 5.36. The molecule has 0 aliphatic heterocycles. The third-order valence-electron chi connectivity index (χ3n) is 4.04. The van der Waals surface area contributed by atoms with Crippen molar-refractivity contribution in [1.29, 1.82) is 0 Å². The fourth-order valence-corrected chi connectivity index (χ4v) is 2.56. The van der Waals surface area contributed by atoms with E-state index in [0.29, 0.717) is 0 Å². The predicted molar refractivity (Wildman–Crippen MR) is 64.5 cm³/mol. The third kappa shape index (κ3) is 5.02. The molecule has 0 spiro atoms. The molecule has 0 amide bonds. The Kier molecular flexibility index (Phi) is 6.31. The Labute approximate surface area is 90.5 Å². The van der Waals surface area contributed by atoms with Gasteiger partial charge in [0.05, 0.1) is 0 Å². The van der Waals surface area contributed by atoms with Crippen molar-refractivity contribution in [2.45, 2.75) is 78.1 Å². The van der Waals surface area contributed by atoms with Gasteiger partial charge in [0.15, 0.2) is 0 Å². The molecular weight excluding hydrogens is 168 g/mol. The van der Waals surface area contributed by atoms with Crippen LogP contribution in [0.5, 0.6) is 0 Å². The summed E-state index contributed by atoms with van der Waals surface area (Å²) in [5.41, 5.74) is 0. The van der Waals surface area contributed by atoms with Crippen LogP contribution in [0, 0.1) is 11.8 Å². The Bertz CT molecular complexity index is 102. The molecule has 2 saturated carbocycles. The monoisotopic (exact) mass is 196 g/mol. The minimum absolute atomic E-state index is 1.00. The van der Waals surface area contributed by atoms with E-state index in [4.69, 9.17) is 0 Å². The normalized spacial score (nSPS) is 33.0. The highest BCUT2D eigenvalue weighted by molar-refractivity contribution is 4.67. The zero-order chi connectivity index (χ0) is 10.2. The van der Waals surface area contributed by atoms with E-state index in [0.717, 1.165) is 11.8 Å². The predicted octanol–water partition coefficient (Wildman–Crippen LogP) is 5.17. The zero-order valence-electron chi connectivity index (χ0n) is 10.2. The van der Waals surface area contributed by atoms with E-state index in [2.05, 4.69) is 13.8 Å². The lowest BCUT2D eigenvalue weighted by atomic mass is 9.82. The van der Waals surface area contributed by atoms with E-state index in [1.165, 1.54) is 64.2 Å². The molecule has 2 aliphatic rings. The Balaban J connectivity index is 0.000000146. The molecule has 2 aliphatic carbocycles. The van der Waals surface area contributed by atoms with Crippen LogP contribution in [0.15, 0.2) is 0 Å². The molecule has 0 aromatic rings. The molecule has 14 heavy (non-hydrogen) atoms. The average molecular weight is 196 g/mol. The van der Waals surface area contributed by atoms with E-state index in [9.17, 15) is 0 Å². The second-order valence-electron chi connectivity index (χ2n) is 5.36. The van der Waals surface area contributed by atoms with Gasteiger partial charge >= 0.3 is 0 Å². The van der Waals surface area contributed by atoms with Crippen molar-refractivity contribution in [3.05, 3.63) is 0 Å². The van der Waals surface area contributed by atoms with Crippen molar-refractivity contribution < 1.29 is 0 Å². The summed E-state index contributed by atoms with van der Waals surface area (Å²) in [6.07, 6.45) is 14.9. The molecule has 0 N–H and O–H groups in total. The Morgan fingerprint density at radius 2 is 0.786 bits per heavy atom. The molecular formula is C14H28. The highest BCUT2D eigenvalue weighted by Crippen LogP contribution is 2.28. The van der Waals surface area contributed by atoms with Crippen LogP contribution in [0.3, 0.4) is 0 Å². The summed E-state index contributed by atoms with van der Waals surface area (Å²) < 4.78 is 0. The molecule has 0 saturated heterocycles. The smallest absolute Gasteiger partial charge is 0.0417 e. The quantitative estimate of drug-likeness (QED) is 0.501. The summed E-state index contributed by atoms with van der Waals surface area (Å²) in [5.74, 6) is 2.01. The Morgan fingerprint density at radius 1 is 0.500 bits per heavy atom. The fourth-order valence-electron chi connectivity index (χ4n) is 2.56. The van der Waals surface area contributed by atoms with Gasteiger partial charge in [0.25, 0.3) is 0 Å². The van der Waals surface area contributed by atoms with Gasteiger partial charge in [0, 0.05) is 0 Å². The van der Waals surface area contributed by atoms with Crippen molar-refractivity contribution in [3.8, 4) is 0 Å². The van der Waals surface area contributed by atoms with Crippen molar-refractivity contribution in [3.63, 3.8) is 0 Å². The Morgan fingerprint density at radius 3 is 1.00 bits per heavy atom. The van der Waals surface area contributed by atoms with Crippen molar-refractivity contribution in [1.82, 2.24) is 0 Å². The van der Waals surface area contributed by atoms with Crippen molar-refractivity contribution >= 4 is 0 Å². The largest absolute Gasteiger partial charge is 0.0623 e. The lowest BCUT2D eigenvalue weighted by Gasteiger charge is -2.24. The molecule has 2 atom stereocenters. The van der Waals surface area contributed by atoms with Gasteiger partial charge in [-0.15, -0.1) is 0 Å². The van der Waals surface area contributed by atoms with E-state index < -0.39 is 0 Å². The van der Waals surface area contributed by atoms with E-state index in [1.807, 2.05) is 0 Å². The fraction of sp³-hybridized carbons (Fsp3) is 1.00. The van der Waals surface area contributed by atoms with E-state index in [-0.39, 0.29) is 0 Å². The summed E-state index contributed by atoms with van der Waals surface area (Å²) in [6, 6.07) is 0. The van der Waals surface area contributed by atoms with Crippen molar-refractivity contribution in [2.24, 2.45) is 11.8 Å². The lowest BCUT2D eigenvalue weighted by Crippen LogP contribution is -2.12. The van der Waals surface area contributed by atoms with E-state index in [1.54, 1.807) is 0 Å². The molecule has 0 nitrogen and oxygen atoms in total. The van der Waals surface area contributed by atoms with Gasteiger partial charge < -0.3 is 0 Å². The maximum Gasteiger partial charge on any atom is -0.0417 e. The number of hydrogen-bond acceptors (Lipinski definition) is 0. The summed E-state index contributed by atoms with van der Waals surface area (Å²) >= 11 is 0. The molecule has 0 radical (unpaired) electrons. The summed E-state index contributed by atoms with van der Waals surface area (Å²) in [6.45, 7) is 4.76. The lowest BCUT2D eigenvalue weighted by molar-refractivity contribution is 0.277. The van der Waals surface area contributed by atoms with Gasteiger partial charge in [-0.05, 0) is 11.8 Å². The highest BCUT2D eigenvalue weighted by atomic mass is 14.2. The maximum atomic E-state index is 2.38. The number of hydrogen-bond donors (Lipinski definition) is 0. The molecule has 0 aromatic carbocycles. The van der Waals surface area contributed by atoms with Crippen molar-refractivity contribution in [2.75, 3.05) is 0 Å². The van der Waals surface area contributed by atoms with Crippen LogP contribution >= 0.6 is 0 Å². The SMILES string of the molecule is C1CCCCC1.CC1CCCCC1C. The van der Waals surface area contributed by atoms with Gasteiger partial charge in [0.2, 0.25) is 0 Å². The van der Waals surface area contributed by atoms with Crippen LogP contribution in [-0.4, -0.2) is 0 Å². The van der Waals surface area contributed by atoms with Crippen LogP contribution in [-0.2, 0) is 0 Å². The first kappa shape index (κ1) is 12.1. The maximum absolute atomic E-state index is 2.38. The molecule has 0 heteroatoms. The topological polar surface area (TPSA) is 0 Å². The molecule has 84 valence electrons. The van der Waals surface area contributed by atoms with Crippen LogP contribution < -0.4 is 0 Å². The van der Waals surface area contributed by atoms with Gasteiger partial charge in [-0.3, -0.25) is 0 Å².